The lowest BCUT2D eigenvalue weighted by atomic mass is 10.1. The van der Waals surface area contributed by atoms with E-state index in [1.165, 1.54) is 7.11 Å². The van der Waals surface area contributed by atoms with E-state index >= 15 is 0 Å². The highest BCUT2D eigenvalue weighted by Gasteiger charge is 2.11. The number of carbonyl (C=O) groups is 2. The summed E-state index contributed by atoms with van der Waals surface area (Å²) in [5.41, 5.74) is 3.35. The summed E-state index contributed by atoms with van der Waals surface area (Å²) in [5, 5.41) is 5.61. The summed E-state index contributed by atoms with van der Waals surface area (Å²) in [6, 6.07) is 12.9. The van der Waals surface area contributed by atoms with E-state index in [4.69, 9.17) is 4.74 Å². The topological polar surface area (TPSA) is 67.4 Å². The van der Waals surface area contributed by atoms with Gasteiger partial charge in [-0.05, 0) is 43.2 Å². The number of aryl methyl sites for hydroxylation is 2. The Hall–Kier alpha value is -2.82. The smallest absolute Gasteiger partial charge is 0.255 e. The molecule has 2 aromatic rings. The first-order chi connectivity index (χ1) is 11.5. The Morgan fingerprint density at radius 1 is 1.08 bits per heavy atom. The van der Waals surface area contributed by atoms with Crippen molar-refractivity contribution in [3.63, 3.8) is 0 Å². The van der Waals surface area contributed by atoms with Crippen LogP contribution in [0.25, 0.3) is 0 Å². The molecule has 0 atom stereocenters. The highest BCUT2D eigenvalue weighted by atomic mass is 16.5. The number of anilines is 1. The van der Waals surface area contributed by atoms with E-state index < -0.39 is 0 Å². The second kappa shape index (κ2) is 8.15. The van der Waals surface area contributed by atoms with Crippen LogP contribution in [0.1, 0.15) is 27.9 Å². The average molecular weight is 326 g/mol. The number of benzene rings is 2. The Labute approximate surface area is 142 Å². The van der Waals surface area contributed by atoms with Crippen LogP contribution < -0.4 is 15.4 Å². The van der Waals surface area contributed by atoms with Crippen LogP contribution in [0.15, 0.2) is 42.5 Å². The van der Waals surface area contributed by atoms with Gasteiger partial charge in [0.2, 0.25) is 5.91 Å². The molecule has 0 bridgehead atoms. The number of methoxy groups -OCH3 is 1. The SMILES string of the molecule is COc1ccccc1C(=O)NCCC(=O)Nc1cc(C)ccc1C. The summed E-state index contributed by atoms with van der Waals surface area (Å²) in [7, 11) is 1.52. The molecule has 24 heavy (non-hydrogen) atoms. The highest BCUT2D eigenvalue weighted by Crippen LogP contribution is 2.17. The molecular weight excluding hydrogens is 304 g/mol. The summed E-state index contributed by atoms with van der Waals surface area (Å²) < 4.78 is 5.16. The van der Waals surface area contributed by atoms with Crippen molar-refractivity contribution in [3.05, 3.63) is 59.2 Å². The monoisotopic (exact) mass is 326 g/mol. The summed E-state index contributed by atoms with van der Waals surface area (Å²) >= 11 is 0. The second-order valence-electron chi connectivity index (χ2n) is 5.57. The number of ether oxygens (including phenoxy) is 1. The molecule has 5 nitrogen and oxygen atoms in total. The molecule has 0 saturated heterocycles. The predicted molar refractivity (Wildman–Crippen MR) is 94.5 cm³/mol. The lowest BCUT2D eigenvalue weighted by molar-refractivity contribution is -0.116. The number of rotatable bonds is 6. The van der Waals surface area contributed by atoms with E-state index in [2.05, 4.69) is 10.6 Å². The Morgan fingerprint density at radius 3 is 2.58 bits per heavy atom. The Kier molecular flexibility index (Phi) is 5.95. The molecule has 0 aliphatic carbocycles. The normalized spacial score (nSPS) is 10.1. The number of hydrogen-bond donors (Lipinski definition) is 2. The fourth-order valence-corrected chi connectivity index (χ4v) is 2.30. The van der Waals surface area contributed by atoms with Gasteiger partial charge in [-0.1, -0.05) is 24.3 Å². The largest absolute Gasteiger partial charge is 0.496 e. The Bertz CT molecular complexity index is 741. The molecule has 2 aromatic carbocycles. The molecule has 2 N–H and O–H groups in total. The van der Waals surface area contributed by atoms with E-state index in [1.54, 1.807) is 24.3 Å². The van der Waals surface area contributed by atoms with Crippen molar-refractivity contribution in [1.29, 1.82) is 0 Å². The molecule has 0 spiro atoms. The van der Waals surface area contributed by atoms with Gasteiger partial charge in [0.25, 0.3) is 5.91 Å². The number of carbonyl (C=O) groups excluding carboxylic acids is 2. The third-order valence-electron chi connectivity index (χ3n) is 3.66. The molecule has 126 valence electrons. The van der Waals surface area contributed by atoms with Crippen LogP contribution in [-0.4, -0.2) is 25.5 Å². The van der Waals surface area contributed by atoms with Crippen molar-refractivity contribution in [1.82, 2.24) is 5.32 Å². The minimum absolute atomic E-state index is 0.135. The maximum absolute atomic E-state index is 12.1. The summed E-state index contributed by atoms with van der Waals surface area (Å²) in [6.07, 6.45) is 0.203. The van der Waals surface area contributed by atoms with E-state index in [9.17, 15) is 9.59 Å². The Morgan fingerprint density at radius 2 is 1.83 bits per heavy atom. The molecule has 5 heteroatoms. The summed E-state index contributed by atoms with van der Waals surface area (Å²) in [5.74, 6) is 0.117. The van der Waals surface area contributed by atoms with Gasteiger partial charge in [-0.15, -0.1) is 0 Å². The van der Waals surface area contributed by atoms with Crippen LogP contribution in [0.3, 0.4) is 0 Å². The predicted octanol–water partition coefficient (Wildman–Crippen LogP) is 3.07. The number of amides is 2. The second-order valence-corrected chi connectivity index (χ2v) is 5.57. The van der Waals surface area contributed by atoms with Gasteiger partial charge in [0.15, 0.2) is 0 Å². The number of nitrogens with one attached hydrogen (secondary N) is 2. The maximum atomic E-state index is 12.1. The number of hydrogen-bond acceptors (Lipinski definition) is 3. The third kappa shape index (κ3) is 4.59. The van der Waals surface area contributed by atoms with E-state index in [0.717, 1.165) is 16.8 Å². The molecule has 0 aromatic heterocycles. The lowest BCUT2D eigenvalue weighted by Crippen LogP contribution is -2.28. The van der Waals surface area contributed by atoms with Crippen LogP contribution in [-0.2, 0) is 4.79 Å². The zero-order valence-corrected chi connectivity index (χ0v) is 14.2. The van der Waals surface area contributed by atoms with Gasteiger partial charge < -0.3 is 15.4 Å². The van der Waals surface area contributed by atoms with Gasteiger partial charge >= 0.3 is 0 Å². The van der Waals surface area contributed by atoms with Gasteiger partial charge in [-0.25, -0.2) is 0 Å². The van der Waals surface area contributed by atoms with Gasteiger partial charge in [-0.3, -0.25) is 9.59 Å². The van der Waals surface area contributed by atoms with Gasteiger partial charge in [0.05, 0.1) is 12.7 Å². The zero-order chi connectivity index (χ0) is 17.5. The first-order valence-corrected chi connectivity index (χ1v) is 7.79. The quantitative estimate of drug-likeness (QED) is 0.857. The first kappa shape index (κ1) is 17.5. The fourth-order valence-electron chi connectivity index (χ4n) is 2.30. The molecule has 0 saturated carbocycles. The minimum Gasteiger partial charge on any atom is -0.496 e. The number of para-hydroxylation sites is 1. The van der Waals surface area contributed by atoms with E-state index in [0.29, 0.717) is 11.3 Å². The van der Waals surface area contributed by atoms with Crippen molar-refractivity contribution in [2.45, 2.75) is 20.3 Å². The van der Waals surface area contributed by atoms with Gasteiger partial charge in [0.1, 0.15) is 5.75 Å². The minimum atomic E-state index is -0.257. The molecule has 2 rings (SSSR count). The van der Waals surface area contributed by atoms with Crippen molar-refractivity contribution < 1.29 is 14.3 Å². The van der Waals surface area contributed by atoms with Crippen molar-refractivity contribution in [3.8, 4) is 5.75 Å². The van der Waals surface area contributed by atoms with Gasteiger partial charge in [-0.2, -0.15) is 0 Å². The van der Waals surface area contributed by atoms with Gasteiger partial charge in [0, 0.05) is 18.7 Å². The molecule has 0 unspecified atom stereocenters. The lowest BCUT2D eigenvalue weighted by Gasteiger charge is -2.11. The third-order valence-corrected chi connectivity index (χ3v) is 3.66. The first-order valence-electron chi connectivity index (χ1n) is 7.79. The molecule has 0 aliphatic rings. The van der Waals surface area contributed by atoms with E-state index in [1.807, 2.05) is 32.0 Å². The Balaban J connectivity index is 1.86. The van der Waals surface area contributed by atoms with Crippen LogP contribution in [0.5, 0.6) is 5.75 Å². The highest BCUT2D eigenvalue weighted by molar-refractivity contribution is 5.97. The van der Waals surface area contributed by atoms with Crippen molar-refractivity contribution in [2.24, 2.45) is 0 Å². The van der Waals surface area contributed by atoms with E-state index in [-0.39, 0.29) is 24.8 Å². The molecule has 0 fully saturated rings. The molecule has 0 heterocycles. The van der Waals surface area contributed by atoms with Crippen LogP contribution in [0.4, 0.5) is 5.69 Å². The molecular formula is C19H22N2O3. The molecule has 0 radical (unpaired) electrons. The molecule has 0 aliphatic heterocycles. The summed E-state index contributed by atoms with van der Waals surface area (Å²) in [4.78, 5) is 24.2. The van der Waals surface area contributed by atoms with Crippen LogP contribution in [0, 0.1) is 13.8 Å². The van der Waals surface area contributed by atoms with Crippen molar-refractivity contribution >= 4 is 17.5 Å². The maximum Gasteiger partial charge on any atom is 0.255 e. The average Bonchev–Trinajstić information content (AvgIpc) is 2.58. The summed E-state index contributed by atoms with van der Waals surface area (Å²) in [6.45, 7) is 4.18. The molecule has 2 amide bonds. The zero-order valence-electron chi connectivity index (χ0n) is 14.2. The fraction of sp³-hybridized carbons (Fsp3) is 0.263. The van der Waals surface area contributed by atoms with Crippen LogP contribution in [0.2, 0.25) is 0 Å². The van der Waals surface area contributed by atoms with Crippen molar-refractivity contribution in [2.75, 3.05) is 19.0 Å². The van der Waals surface area contributed by atoms with Crippen LogP contribution >= 0.6 is 0 Å². The standard InChI is InChI=1S/C19H22N2O3/c1-13-8-9-14(2)16(12-13)21-18(22)10-11-20-19(23)15-6-4-5-7-17(15)24-3/h4-9,12H,10-11H2,1-3H3,(H,20,23)(H,21,22).